The molecule has 3 N–H and O–H groups in total. The summed E-state index contributed by atoms with van der Waals surface area (Å²) >= 11 is 0. The topological polar surface area (TPSA) is 141 Å². The first kappa shape index (κ1) is 38.0. The smallest absolute Gasteiger partial charge is 0.225 e. The van der Waals surface area contributed by atoms with Crippen molar-refractivity contribution in [2.75, 3.05) is 54.2 Å². The molecule has 2 rings (SSSR count). The number of amides is 3. The van der Waals surface area contributed by atoms with Crippen LogP contribution in [0.4, 0.5) is 5.69 Å². The fraction of sp³-hybridized carbons (Fsp3) is 0.706. The number of hydrogen-bond acceptors (Lipinski definition) is 8. The van der Waals surface area contributed by atoms with Crippen LogP contribution in [-0.4, -0.2) is 111 Å². The van der Waals surface area contributed by atoms with Crippen molar-refractivity contribution in [3.8, 4) is 6.07 Å². The highest BCUT2D eigenvalue weighted by molar-refractivity contribution is 5.81. The highest BCUT2D eigenvalue weighted by atomic mass is 16.5. The van der Waals surface area contributed by atoms with Gasteiger partial charge in [-0.15, -0.1) is 0 Å². The van der Waals surface area contributed by atoms with E-state index in [4.69, 9.17) is 15.2 Å². The average Bonchev–Trinajstić information content (AvgIpc) is 3.49. The monoisotopic (exact) mass is 628 g/mol. The molecule has 0 bridgehead atoms. The maximum Gasteiger partial charge on any atom is 0.225 e. The van der Waals surface area contributed by atoms with E-state index in [1.165, 1.54) is 0 Å². The van der Waals surface area contributed by atoms with Crippen molar-refractivity contribution in [3.05, 3.63) is 29.8 Å². The molecule has 0 aromatic heterocycles. The van der Waals surface area contributed by atoms with Crippen LogP contribution >= 0.6 is 0 Å². The summed E-state index contributed by atoms with van der Waals surface area (Å²) in [5.41, 5.74) is 7.49. The number of rotatable bonds is 18. The van der Waals surface area contributed by atoms with Crippen molar-refractivity contribution in [2.24, 2.45) is 11.8 Å². The quantitative estimate of drug-likeness (QED) is 0.236. The summed E-state index contributed by atoms with van der Waals surface area (Å²) < 4.78 is 11.8. The molecule has 1 aromatic carbocycles. The molecule has 252 valence electrons. The molecule has 1 heterocycles. The van der Waals surface area contributed by atoms with E-state index in [-0.39, 0.29) is 54.6 Å². The summed E-state index contributed by atoms with van der Waals surface area (Å²) in [6.07, 6.45) is 2.46. The molecular weight excluding hydrogens is 572 g/mol. The fourth-order valence-corrected chi connectivity index (χ4v) is 6.44. The van der Waals surface area contributed by atoms with Gasteiger partial charge in [0.05, 0.1) is 49.1 Å². The summed E-state index contributed by atoms with van der Waals surface area (Å²) in [5, 5.41) is 12.4. The zero-order valence-electron chi connectivity index (χ0n) is 28.6. The number of anilines is 1. The Hall–Kier alpha value is -3.20. The third-order valence-corrected chi connectivity index (χ3v) is 9.19. The van der Waals surface area contributed by atoms with Crippen molar-refractivity contribution >= 4 is 23.4 Å². The molecule has 1 saturated heterocycles. The van der Waals surface area contributed by atoms with Crippen molar-refractivity contribution in [2.45, 2.75) is 96.1 Å². The number of nitrogens with two attached hydrogens (primary N) is 1. The second kappa shape index (κ2) is 18.7. The number of likely N-dealkylation sites (tertiary alicyclic amines) is 1. The lowest BCUT2D eigenvalue weighted by Gasteiger charge is -2.39. The number of methoxy groups -OCH3 is 2. The number of hydrogen-bond donors (Lipinski definition) is 2. The zero-order valence-corrected chi connectivity index (χ0v) is 28.6. The Labute approximate surface area is 270 Å². The van der Waals surface area contributed by atoms with Crippen molar-refractivity contribution in [1.82, 2.24) is 20.0 Å². The van der Waals surface area contributed by atoms with Gasteiger partial charge in [-0.1, -0.05) is 39.3 Å². The Kier molecular flexibility index (Phi) is 15.8. The largest absolute Gasteiger partial charge is 0.399 e. The van der Waals surface area contributed by atoms with E-state index in [0.717, 1.165) is 18.4 Å². The second-order valence-corrected chi connectivity index (χ2v) is 12.7. The van der Waals surface area contributed by atoms with Crippen LogP contribution in [0.1, 0.15) is 64.9 Å². The van der Waals surface area contributed by atoms with Crippen LogP contribution in [0.15, 0.2) is 24.3 Å². The second-order valence-electron chi connectivity index (χ2n) is 12.7. The molecule has 1 aliphatic rings. The molecule has 1 aromatic rings. The number of nitriles is 1. The van der Waals surface area contributed by atoms with E-state index in [2.05, 4.69) is 25.2 Å². The Morgan fingerprint density at radius 1 is 1.18 bits per heavy atom. The highest BCUT2D eigenvalue weighted by Gasteiger charge is 2.42. The van der Waals surface area contributed by atoms with Crippen LogP contribution < -0.4 is 11.1 Å². The van der Waals surface area contributed by atoms with E-state index in [0.29, 0.717) is 38.0 Å². The molecule has 0 aliphatic carbocycles. The van der Waals surface area contributed by atoms with Gasteiger partial charge in [-0.3, -0.25) is 14.4 Å². The first-order valence-electron chi connectivity index (χ1n) is 16.1. The molecule has 0 spiro atoms. The summed E-state index contributed by atoms with van der Waals surface area (Å²) in [5.74, 6) is -0.732. The van der Waals surface area contributed by atoms with Gasteiger partial charge >= 0.3 is 0 Å². The molecule has 11 heteroatoms. The summed E-state index contributed by atoms with van der Waals surface area (Å²) in [4.78, 5) is 46.0. The number of carbonyl (C=O) groups excluding carboxylic acids is 3. The van der Waals surface area contributed by atoms with E-state index >= 15 is 0 Å². The molecule has 7 atom stereocenters. The Balaban J connectivity index is 2.17. The average molecular weight is 629 g/mol. The van der Waals surface area contributed by atoms with E-state index in [1.807, 2.05) is 42.1 Å². The minimum atomic E-state index is -0.568. The van der Waals surface area contributed by atoms with Gasteiger partial charge in [-0.05, 0) is 57.0 Å². The molecular formula is C34H56N6O5. The van der Waals surface area contributed by atoms with Crippen molar-refractivity contribution in [1.29, 1.82) is 5.26 Å². The van der Waals surface area contributed by atoms with Crippen LogP contribution in [0.25, 0.3) is 0 Å². The molecule has 0 radical (unpaired) electrons. The molecule has 11 nitrogen and oxygen atoms in total. The third kappa shape index (κ3) is 11.0. The lowest BCUT2D eigenvalue weighted by Crippen LogP contribution is -2.53. The Bertz CT molecular complexity index is 1140. The Morgan fingerprint density at radius 2 is 1.89 bits per heavy atom. The van der Waals surface area contributed by atoms with Gasteiger partial charge < -0.3 is 35.2 Å². The molecule has 7 unspecified atom stereocenters. The molecule has 0 saturated carbocycles. The molecule has 45 heavy (non-hydrogen) atoms. The Morgan fingerprint density at radius 3 is 2.47 bits per heavy atom. The van der Waals surface area contributed by atoms with Crippen LogP contribution in [0.2, 0.25) is 0 Å². The maximum atomic E-state index is 13.9. The predicted molar refractivity (Wildman–Crippen MR) is 176 cm³/mol. The SMILES string of the molecule is CCC(C)C(C(CC(=O)N1CCCC1C(OC)C(C)C(=O)NC(CC#N)Cc1cccc(N)c1)OC)N(C)C(=O)CCN(C)C. The van der Waals surface area contributed by atoms with Gasteiger partial charge in [-0.2, -0.15) is 5.26 Å². The molecule has 1 aliphatic heterocycles. The fourth-order valence-electron chi connectivity index (χ4n) is 6.44. The first-order valence-corrected chi connectivity index (χ1v) is 16.1. The normalized spacial score (nSPS) is 18.8. The van der Waals surface area contributed by atoms with E-state index in [1.54, 1.807) is 39.2 Å². The van der Waals surface area contributed by atoms with Gasteiger partial charge in [0.15, 0.2) is 0 Å². The number of nitrogens with zero attached hydrogens (tertiary/aromatic N) is 4. The first-order chi connectivity index (χ1) is 21.4. The van der Waals surface area contributed by atoms with Gasteiger partial charge in [0.2, 0.25) is 17.7 Å². The number of likely N-dealkylation sites (N-methyl/N-ethyl adjacent to an activating group) is 1. The minimum absolute atomic E-state index is 0.0206. The van der Waals surface area contributed by atoms with Crippen molar-refractivity contribution in [3.63, 3.8) is 0 Å². The van der Waals surface area contributed by atoms with Crippen LogP contribution in [-0.2, 0) is 30.3 Å². The minimum Gasteiger partial charge on any atom is -0.399 e. The van der Waals surface area contributed by atoms with Crippen LogP contribution in [0, 0.1) is 23.2 Å². The van der Waals surface area contributed by atoms with Gasteiger partial charge in [0.25, 0.3) is 0 Å². The number of nitrogen functional groups attached to an aromatic ring is 1. The highest BCUT2D eigenvalue weighted by Crippen LogP contribution is 2.29. The molecule has 3 amide bonds. The van der Waals surface area contributed by atoms with Crippen LogP contribution in [0.3, 0.4) is 0 Å². The van der Waals surface area contributed by atoms with Crippen molar-refractivity contribution < 1.29 is 23.9 Å². The van der Waals surface area contributed by atoms with Gasteiger partial charge in [0.1, 0.15) is 0 Å². The van der Waals surface area contributed by atoms with Gasteiger partial charge in [0, 0.05) is 52.5 Å². The predicted octanol–water partition coefficient (Wildman–Crippen LogP) is 3.08. The van der Waals surface area contributed by atoms with Gasteiger partial charge in [-0.25, -0.2) is 0 Å². The van der Waals surface area contributed by atoms with Crippen LogP contribution in [0.5, 0.6) is 0 Å². The number of nitrogens with one attached hydrogen (secondary N) is 1. The number of benzene rings is 1. The summed E-state index contributed by atoms with van der Waals surface area (Å²) in [6.45, 7) is 7.17. The summed E-state index contributed by atoms with van der Waals surface area (Å²) in [6, 6.07) is 8.65. The molecule has 1 fully saturated rings. The van der Waals surface area contributed by atoms with E-state index < -0.39 is 18.1 Å². The summed E-state index contributed by atoms with van der Waals surface area (Å²) in [7, 11) is 8.84. The standard InChI is InChI=1S/C34H56N6O5/c1-9-23(2)32(39(6)30(41)16-19-38(4)5)29(44-7)22-31(42)40-18-11-14-28(40)33(45-8)24(3)34(43)37-27(15-17-35)21-25-12-10-13-26(36)20-25/h10,12-13,20,23-24,27-29,32-33H,9,11,14-16,18-19,21-22,36H2,1-8H3,(H,37,43). The lowest BCUT2D eigenvalue weighted by molar-refractivity contribution is -0.146. The number of carbonyl (C=O) groups is 3. The maximum absolute atomic E-state index is 13.9. The zero-order chi connectivity index (χ0) is 33.7. The lowest BCUT2D eigenvalue weighted by atomic mass is 9.90. The van der Waals surface area contributed by atoms with E-state index in [9.17, 15) is 19.6 Å². The third-order valence-electron chi connectivity index (χ3n) is 9.19. The number of ether oxygens (including phenoxy) is 2.